The Morgan fingerprint density at radius 1 is 1.03 bits per heavy atom. The second kappa shape index (κ2) is 9.60. The number of hydrogen-bond donors (Lipinski definition) is 2. The maximum Gasteiger partial charge on any atom is 0.573 e. The van der Waals surface area contributed by atoms with Crippen molar-refractivity contribution in [2.75, 3.05) is 36.5 Å². The summed E-state index contributed by atoms with van der Waals surface area (Å²) in [5.74, 6) is -3.68. The van der Waals surface area contributed by atoms with Crippen LogP contribution >= 0.6 is 11.6 Å². The molecule has 0 radical (unpaired) electrons. The number of morpholine rings is 1. The zero-order valence-electron chi connectivity index (χ0n) is 19.0. The Balaban J connectivity index is 1.50. The van der Waals surface area contributed by atoms with E-state index < -0.39 is 29.6 Å². The van der Waals surface area contributed by atoms with Crippen molar-refractivity contribution in [3.8, 4) is 16.9 Å². The Kier molecular flexibility index (Phi) is 6.47. The van der Waals surface area contributed by atoms with E-state index in [9.17, 15) is 27.5 Å². The highest BCUT2D eigenvalue weighted by atomic mass is 35.5. The summed E-state index contributed by atoms with van der Waals surface area (Å²) in [4.78, 5) is 14.9. The van der Waals surface area contributed by atoms with Gasteiger partial charge < -0.3 is 24.8 Å². The van der Waals surface area contributed by atoms with Gasteiger partial charge in [-0.05, 0) is 48.0 Å². The van der Waals surface area contributed by atoms with Gasteiger partial charge in [-0.2, -0.15) is 0 Å². The van der Waals surface area contributed by atoms with Crippen molar-refractivity contribution in [3.63, 3.8) is 0 Å². The van der Waals surface area contributed by atoms with Crippen molar-refractivity contribution in [3.05, 3.63) is 76.6 Å². The number of carbonyl (C=O) groups is 1. The van der Waals surface area contributed by atoms with E-state index in [2.05, 4.69) is 15.0 Å². The number of alkyl halides is 3. The van der Waals surface area contributed by atoms with Crippen molar-refractivity contribution < 1.29 is 36.9 Å². The first-order valence-corrected chi connectivity index (χ1v) is 11.6. The molecule has 2 N–H and O–H groups in total. The number of halogens is 5. The molecule has 2 aliphatic rings. The van der Waals surface area contributed by atoms with Crippen LogP contribution in [0.4, 0.5) is 28.9 Å². The summed E-state index contributed by atoms with van der Waals surface area (Å²) < 4.78 is 60.6. The molecule has 2 aliphatic heterocycles. The Labute approximate surface area is 213 Å². The summed E-state index contributed by atoms with van der Waals surface area (Å²) in [6.45, 7) is 2.87. The SMILES string of the molecule is O=C1Nc2cc(Cl)c(-c3ccc(N4CCOCC4)cc3)cc2/C1=C(/O)c1ccc(OC(F)(F)F)c(F)c1. The molecule has 11 heteroatoms. The van der Waals surface area contributed by atoms with Crippen LogP contribution in [0.15, 0.2) is 54.6 Å². The number of amides is 1. The van der Waals surface area contributed by atoms with Gasteiger partial charge in [0.25, 0.3) is 5.91 Å². The number of aliphatic hydroxyl groups is 1. The minimum atomic E-state index is -5.08. The lowest BCUT2D eigenvalue weighted by molar-refractivity contribution is -0.275. The van der Waals surface area contributed by atoms with E-state index in [1.54, 1.807) is 12.1 Å². The van der Waals surface area contributed by atoms with E-state index in [1.165, 1.54) is 0 Å². The first-order valence-electron chi connectivity index (χ1n) is 11.2. The van der Waals surface area contributed by atoms with Crippen LogP contribution in [-0.4, -0.2) is 43.7 Å². The molecule has 0 aromatic heterocycles. The molecule has 0 aliphatic carbocycles. The van der Waals surface area contributed by atoms with E-state index in [0.29, 0.717) is 41.1 Å². The lowest BCUT2D eigenvalue weighted by Crippen LogP contribution is -2.36. The lowest BCUT2D eigenvalue weighted by Gasteiger charge is -2.29. The van der Waals surface area contributed by atoms with Crippen LogP contribution in [-0.2, 0) is 9.53 Å². The van der Waals surface area contributed by atoms with Crippen molar-refractivity contribution in [1.29, 1.82) is 0 Å². The Bertz CT molecular complexity index is 1400. The van der Waals surface area contributed by atoms with Crippen LogP contribution in [0, 0.1) is 5.82 Å². The number of anilines is 2. The molecular formula is C26H19ClF4N2O4. The summed E-state index contributed by atoms with van der Waals surface area (Å²) in [7, 11) is 0. The first kappa shape index (κ1) is 24.9. The number of ether oxygens (including phenoxy) is 2. The van der Waals surface area contributed by atoms with Crippen LogP contribution < -0.4 is 15.0 Å². The second-order valence-corrected chi connectivity index (χ2v) is 8.80. The number of aliphatic hydroxyl groups excluding tert-OH is 1. The molecule has 0 unspecified atom stereocenters. The predicted octanol–water partition coefficient (Wildman–Crippen LogP) is 6.26. The van der Waals surface area contributed by atoms with Gasteiger partial charge in [0.05, 0.1) is 29.5 Å². The van der Waals surface area contributed by atoms with E-state index in [-0.39, 0.29) is 11.1 Å². The molecule has 0 atom stereocenters. The minimum absolute atomic E-state index is 0.165. The Morgan fingerprint density at radius 3 is 2.38 bits per heavy atom. The highest BCUT2D eigenvalue weighted by Gasteiger charge is 2.33. The van der Waals surface area contributed by atoms with Crippen LogP contribution in [0.25, 0.3) is 22.5 Å². The largest absolute Gasteiger partial charge is 0.573 e. The van der Waals surface area contributed by atoms with Gasteiger partial charge in [0.2, 0.25) is 0 Å². The highest BCUT2D eigenvalue weighted by molar-refractivity contribution is 6.38. The normalized spacial score (nSPS) is 16.9. The molecule has 3 aromatic carbocycles. The Morgan fingerprint density at radius 2 is 1.73 bits per heavy atom. The topological polar surface area (TPSA) is 71.0 Å². The van der Waals surface area contributed by atoms with Gasteiger partial charge in [-0.15, -0.1) is 13.2 Å². The molecule has 1 amide bonds. The van der Waals surface area contributed by atoms with Gasteiger partial charge in [-0.3, -0.25) is 4.79 Å². The third-order valence-corrected chi connectivity index (χ3v) is 6.39. The van der Waals surface area contributed by atoms with E-state index in [0.717, 1.165) is 36.5 Å². The standard InChI is InChI=1S/C26H19ClF4N2O4/c27-19-13-21-18(12-17(19)14-1-4-16(5-2-14)33-7-9-36-10-8-33)23(25(35)32-21)24(34)15-3-6-22(20(28)11-15)37-26(29,30)31/h1-6,11-13,34H,7-10H2,(H,32,35)/b24-23-. The molecule has 0 bridgehead atoms. The summed E-state index contributed by atoms with van der Waals surface area (Å²) in [5.41, 5.74) is 2.67. The monoisotopic (exact) mass is 534 g/mol. The maximum absolute atomic E-state index is 14.2. The van der Waals surface area contributed by atoms with Gasteiger partial charge >= 0.3 is 6.36 Å². The zero-order valence-corrected chi connectivity index (χ0v) is 19.8. The van der Waals surface area contributed by atoms with E-state index in [4.69, 9.17) is 16.3 Å². The highest BCUT2D eigenvalue weighted by Crippen LogP contribution is 2.42. The number of benzene rings is 3. The van der Waals surface area contributed by atoms with Gasteiger partial charge in [-0.25, -0.2) is 4.39 Å². The number of hydrogen-bond acceptors (Lipinski definition) is 5. The molecule has 37 heavy (non-hydrogen) atoms. The number of nitrogens with one attached hydrogen (secondary N) is 1. The summed E-state index contributed by atoms with van der Waals surface area (Å²) in [6, 6.07) is 13.3. The van der Waals surface area contributed by atoms with Crippen molar-refractivity contribution in [1.82, 2.24) is 0 Å². The second-order valence-electron chi connectivity index (χ2n) is 8.39. The average molecular weight is 535 g/mol. The number of rotatable bonds is 4. The molecule has 1 fully saturated rings. The third-order valence-electron chi connectivity index (χ3n) is 6.07. The molecule has 5 rings (SSSR count). The third kappa shape index (κ3) is 5.07. The van der Waals surface area contributed by atoms with Crippen molar-refractivity contribution in [2.24, 2.45) is 0 Å². The smallest absolute Gasteiger partial charge is 0.506 e. The fourth-order valence-corrected chi connectivity index (χ4v) is 4.59. The number of nitrogens with zero attached hydrogens (tertiary/aromatic N) is 1. The van der Waals surface area contributed by atoms with Crippen LogP contribution in [0.3, 0.4) is 0 Å². The molecule has 2 heterocycles. The van der Waals surface area contributed by atoms with Gasteiger partial charge in [-0.1, -0.05) is 23.7 Å². The van der Waals surface area contributed by atoms with Crippen LogP contribution in [0.2, 0.25) is 5.02 Å². The Hall–Kier alpha value is -3.76. The fourth-order valence-electron chi connectivity index (χ4n) is 4.32. The average Bonchev–Trinajstić information content (AvgIpc) is 3.18. The van der Waals surface area contributed by atoms with Crippen molar-refractivity contribution in [2.45, 2.75) is 6.36 Å². The maximum atomic E-state index is 14.2. The van der Waals surface area contributed by atoms with Gasteiger partial charge in [0, 0.05) is 35.5 Å². The number of fused-ring (bicyclic) bond motifs is 1. The van der Waals surface area contributed by atoms with E-state index >= 15 is 0 Å². The molecule has 6 nitrogen and oxygen atoms in total. The molecule has 0 spiro atoms. The summed E-state index contributed by atoms with van der Waals surface area (Å²) in [5, 5.41) is 13.8. The summed E-state index contributed by atoms with van der Waals surface area (Å²) >= 11 is 6.50. The molecule has 1 saturated heterocycles. The van der Waals surface area contributed by atoms with E-state index in [1.807, 2.05) is 24.3 Å². The van der Waals surface area contributed by atoms with Crippen molar-refractivity contribution >= 4 is 40.2 Å². The quantitative estimate of drug-likeness (QED) is 0.235. The molecule has 3 aromatic rings. The fraction of sp³-hybridized carbons (Fsp3) is 0.192. The molecule has 192 valence electrons. The van der Waals surface area contributed by atoms with Crippen LogP contribution in [0.1, 0.15) is 11.1 Å². The lowest BCUT2D eigenvalue weighted by atomic mass is 9.97. The van der Waals surface area contributed by atoms with Crippen LogP contribution in [0.5, 0.6) is 5.75 Å². The van der Waals surface area contributed by atoms with Gasteiger partial charge in [0.1, 0.15) is 5.76 Å². The summed E-state index contributed by atoms with van der Waals surface area (Å²) in [6.07, 6.45) is -5.08. The van der Waals surface area contributed by atoms with Gasteiger partial charge in [0.15, 0.2) is 11.6 Å². The minimum Gasteiger partial charge on any atom is -0.506 e. The molecular weight excluding hydrogens is 516 g/mol. The zero-order chi connectivity index (χ0) is 26.3. The first-order chi connectivity index (χ1) is 17.6. The predicted molar refractivity (Wildman–Crippen MR) is 131 cm³/mol. The molecule has 0 saturated carbocycles. The number of carbonyl (C=O) groups excluding carboxylic acids is 1.